The summed E-state index contributed by atoms with van der Waals surface area (Å²) in [6.45, 7) is 11.1. The van der Waals surface area contributed by atoms with Crippen molar-refractivity contribution < 1.29 is 9.53 Å². The molecule has 4 aromatic rings. The van der Waals surface area contributed by atoms with Crippen LogP contribution in [0.4, 0.5) is 23.1 Å². The summed E-state index contributed by atoms with van der Waals surface area (Å²) in [5, 5.41) is 11.0. The van der Waals surface area contributed by atoms with Gasteiger partial charge in [0, 0.05) is 56.9 Å². The molecule has 1 fully saturated rings. The summed E-state index contributed by atoms with van der Waals surface area (Å²) in [5.41, 5.74) is 6.79. The highest BCUT2D eigenvalue weighted by atomic mass is 16.5. The molecule has 6 heterocycles. The molecule has 0 radical (unpaired) electrons. The number of ether oxygens (including phenoxy) is 1. The van der Waals surface area contributed by atoms with Crippen molar-refractivity contribution >= 4 is 29.0 Å². The van der Waals surface area contributed by atoms with Crippen molar-refractivity contribution in [2.24, 2.45) is 0 Å². The topological polar surface area (TPSA) is 118 Å². The largest absolute Gasteiger partial charge is 0.383 e. The quantitative estimate of drug-likeness (QED) is 0.329. The summed E-state index contributed by atoms with van der Waals surface area (Å²) >= 11 is 0. The van der Waals surface area contributed by atoms with Gasteiger partial charge in [0.25, 0.3) is 5.91 Å². The molecule has 4 aromatic heterocycles. The number of nitrogens with one attached hydrogen (secondary N) is 2. The number of piperazine rings is 1. The molecule has 12 heteroatoms. The van der Waals surface area contributed by atoms with Crippen LogP contribution in [0.3, 0.4) is 0 Å². The van der Waals surface area contributed by atoms with E-state index in [4.69, 9.17) is 14.7 Å². The van der Waals surface area contributed by atoms with Gasteiger partial charge in [-0.1, -0.05) is 0 Å². The first-order valence-corrected chi connectivity index (χ1v) is 14.4. The number of aryl methyl sites for hydroxylation is 3. The number of likely N-dealkylation sites (N-methyl/N-ethyl adjacent to an activating group) is 1. The predicted octanol–water partition coefficient (Wildman–Crippen LogP) is 3.28. The minimum atomic E-state index is -0.153. The molecule has 6 rings (SSSR count). The van der Waals surface area contributed by atoms with Gasteiger partial charge in [0.15, 0.2) is 0 Å². The molecule has 0 bridgehead atoms. The first-order valence-electron chi connectivity index (χ1n) is 14.4. The average Bonchev–Trinajstić information content (AvgIpc) is 3.54. The highest BCUT2D eigenvalue weighted by Crippen LogP contribution is 2.29. The van der Waals surface area contributed by atoms with Crippen molar-refractivity contribution in [2.75, 3.05) is 62.5 Å². The van der Waals surface area contributed by atoms with E-state index in [-0.39, 0.29) is 5.91 Å². The minimum absolute atomic E-state index is 0.153. The monoisotopic (exact) mass is 570 g/mol. The second kappa shape index (κ2) is 11.5. The summed E-state index contributed by atoms with van der Waals surface area (Å²) in [5.74, 6) is 2.12. The van der Waals surface area contributed by atoms with Crippen molar-refractivity contribution in [3.63, 3.8) is 0 Å². The Morgan fingerprint density at radius 2 is 1.83 bits per heavy atom. The second-order valence-corrected chi connectivity index (χ2v) is 11.0. The zero-order chi connectivity index (χ0) is 29.4. The number of rotatable bonds is 8. The SMILES string of the molecule is COCCn1nc(C)c(NC(=O)c2ccn3c2CCc2cnc(Nc4ccc(N5CCN(C)CC5)nc4C)nc2-3)c1C. The van der Waals surface area contributed by atoms with Crippen molar-refractivity contribution in [1.82, 2.24) is 34.2 Å². The van der Waals surface area contributed by atoms with Gasteiger partial charge in [0.2, 0.25) is 5.95 Å². The molecule has 0 aromatic carbocycles. The van der Waals surface area contributed by atoms with E-state index < -0.39 is 0 Å². The molecule has 42 heavy (non-hydrogen) atoms. The van der Waals surface area contributed by atoms with Gasteiger partial charge in [-0.05, 0) is 58.9 Å². The molecule has 1 amide bonds. The number of carbonyl (C=O) groups is 1. The Morgan fingerprint density at radius 1 is 1.02 bits per heavy atom. The molecule has 0 atom stereocenters. The van der Waals surface area contributed by atoms with Gasteiger partial charge in [-0.2, -0.15) is 10.1 Å². The molecule has 0 aliphatic carbocycles. The van der Waals surface area contributed by atoms with Crippen LogP contribution in [0.5, 0.6) is 0 Å². The number of hydrogen-bond acceptors (Lipinski definition) is 9. The molecule has 2 N–H and O–H groups in total. The van der Waals surface area contributed by atoms with Crippen molar-refractivity contribution in [2.45, 2.75) is 40.2 Å². The number of methoxy groups -OCH3 is 1. The van der Waals surface area contributed by atoms with Crippen LogP contribution in [-0.4, -0.2) is 87.0 Å². The molecular weight excluding hydrogens is 532 g/mol. The Kier molecular flexibility index (Phi) is 7.65. The maximum Gasteiger partial charge on any atom is 0.257 e. The zero-order valence-electron chi connectivity index (χ0n) is 24.9. The Hall–Kier alpha value is -4.29. The lowest BCUT2D eigenvalue weighted by Gasteiger charge is -2.33. The van der Waals surface area contributed by atoms with Gasteiger partial charge >= 0.3 is 0 Å². The van der Waals surface area contributed by atoms with Gasteiger partial charge in [0.1, 0.15) is 11.6 Å². The third-order valence-corrected chi connectivity index (χ3v) is 8.21. The van der Waals surface area contributed by atoms with Crippen LogP contribution in [0.15, 0.2) is 30.6 Å². The molecular formula is C30H38N10O2. The van der Waals surface area contributed by atoms with E-state index in [1.165, 1.54) is 0 Å². The van der Waals surface area contributed by atoms with E-state index >= 15 is 0 Å². The van der Waals surface area contributed by atoms with Gasteiger partial charge in [-0.15, -0.1) is 0 Å². The first kappa shape index (κ1) is 27.9. The summed E-state index contributed by atoms with van der Waals surface area (Å²) in [6.07, 6.45) is 5.27. The van der Waals surface area contributed by atoms with E-state index in [0.29, 0.717) is 24.7 Å². The lowest BCUT2D eigenvalue weighted by atomic mass is 10.0. The highest BCUT2D eigenvalue weighted by Gasteiger charge is 2.25. The van der Waals surface area contributed by atoms with E-state index in [2.05, 4.69) is 43.6 Å². The zero-order valence-corrected chi connectivity index (χ0v) is 24.9. The van der Waals surface area contributed by atoms with E-state index in [1.807, 2.05) is 54.5 Å². The second-order valence-electron chi connectivity index (χ2n) is 11.0. The number of hydrogen-bond donors (Lipinski definition) is 2. The molecule has 220 valence electrons. The molecule has 2 aliphatic heterocycles. The highest BCUT2D eigenvalue weighted by molar-refractivity contribution is 6.06. The van der Waals surface area contributed by atoms with Crippen LogP contribution in [0.25, 0.3) is 5.82 Å². The lowest BCUT2D eigenvalue weighted by Crippen LogP contribution is -2.44. The lowest BCUT2D eigenvalue weighted by molar-refractivity contribution is 0.102. The fourth-order valence-corrected chi connectivity index (χ4v) is 5.69. The summed E-state index contributed by atoms with van der Waals surface area (Å²) in [7, 11) is 3.81. The Bertz CT molecular complexity index is 1620. The summed E-state index contributed by atoms with van der Waals surface area (Å²) < 4.78 is 9.05. The number of carbonyl (C=O) groups excluding carboxylic acids is 1. The van der Waals surface area contributed by atoms with E-state index in [0.717, 1.165) is 90.4 Å². The van der Waals surface area contributed by atoms with Gasteiger partial charge in [-0.3, -0.25) is 9.48 Å². The number of aromatic nitrogens is 6. The third-order valence-electron chi connectivity index (χ3n) is 8.21. The first-order chi connectivity index (χ1) is 20.3. The maximum atomic E-state index is 13.4. The van der Waals surface area contributed by atoms with Crippen molar-refractivity contribution in [1.29, 1.82) is 0 Å². The average molecular weight is 571 g/mol. The van der Waals surface area contributed by atoms with Crippen LogP contribution >= 0.6 is 0 Å². The standard InChI is InChI=1S/C30H38N10O2/c1-19-24(7-9-26(32-19)38-14-12-37(4)13-15-38)33-30-31-18-22-6-8-25-23(10-11-39(25)28(22)35-30)29(41)34-27-20(2)36-40(21(27)3)16-17-42-5/h7,9-11,18H,6,8,12-17H2,1-5H3,(H,34,41)(H,31,33,35). The maximum absolute atomic E-state index is 13.4. The van der Waals surface area contributed by atoms with Gasteiger partial charge in [0.05, 0.1) is 47.2 Å². The predicted molar refractivity (Wildman–Crippen MR) is 162 cm³/mol. The van der Waals surface area contributed by atoms with E-state index in [9.17, 15) is 4.79 Å². The van der Waals surface area contributed by atoms with Crippen LogP contribution < -0.4 is 15.5 Å². The number of amides is 1. The number of anilines is 4. The van der Waals surface area contributed by atoms with E-state index in [1.54, 1.807) is 7.11 Å². The normalized spacial score (nSPS) is 14.9. The smallest absolute Gasteiger partial charge is 0.257 e. The Balaban J connectivity index is 1.20. The summed E-state index contributed by atoms with van der Waals surface area (Å²) in [4.78, 5) is 32.4. The Labute approximate surface area is 245 Å². The fourth-order valence-electron chi connectivity index (χ4n) is 5.69. The molecule has 0 unspecified atom stereocenters. The molecule has 0 spiro atoms. The number of pyridine rings is 1. The molecule has 12 nitrogen and oxygen atoms in total. The van der Waals surface area contributed by atoms with Crippen LogP contribution in [0, 0.1) is 20.8 Å². The van der Waals surface area contributed by atoms with Crippen molar-refractivity contribution in [3.05, 3.63) is 64.5 Å². The fraction of sp³-hybridized carbons (Fsp3) is 0.433. The number of nitrogens with zero attached hydrogens (tertiary/aromatic N) is 8. The van der Waals surface area contributed by atoms with Crippen molar-refractivity contribution in [3.8, 4) is 5.82 Å². The van der Waals surface area contributed by atoms with Gasteiger partial charge in [-0.25, -0.2) is 9.97 Å². The van der Waals surface area contributed by atoms with Crippen LogP contribution in [0.1, 0.15) is 38.7 Å². The summed E-state index contributed by atoms with van der Waals surface area (Å²) in [6, 6.07) is 5.96. The van der Waals surface area contributed by atoms with Gasteiger partial charge < -0.3 is 29.7 Å². The van der Waals surface area contributed by atoms with Crippen LogP contribution in [-0.2, 0) is 24.1 Å². The third kappa shape index (κ3) is 5.35. The molecule has 2 aliphatic rings. The molecule has 0 saturated carbocycles. The minimum Gasteiger partial charge on any atom is -0.383 e. The van der Waals surface area contributed by atoms with Crippen LogP contribution in [0.2, 0.25) is 0 Å². The molecule has 1 saturated heterocycles. The Morgan fingerprint density at radius 3 is 2.60 bits per heavy atom. The number of fused-ring (bicyclic) bond motifs is 3.